The number of hydrogen-bond acceptors (Lipinski definition) is 8. The fourth-order valence-electron chi connectivity index (χ4n) is 1.91. The van der Waals surface area contributed by atoms with Crippen LogP contribution in [-0.4, -0.2) is 140 Å². The second-order valence-corrected chi connectivity index (χ2v) is 8.77. The molecule has 0 saturated carbocycles. The van der Waals surface area contributed by atoms with Crippen LogP contribution in [0.3, 0.4) is 0 Å². The Morgan fingerprint density at radius 1 is 0.278 bits per heavy atom. The minimum Gasteiger partial charge on any atom is -2.00 e. The van der Waals surface area contributed by atoms with Crippen molar-refractivity contribution in [3.63, 3.8) is 0 Å². The summed E-state index contributed by atoms with van der Waals surface area (Å²) in [5.41, 5.74) is 0. The van der Waals surface area contributed by atoms with Crippen LogP contribution in [0.15, 0.2) is 0 Å². The summed E-state index contributed by atoms with van der Waals surface area (Å²) in [6, 6.07) is 0. The van der Waals surface area contributed by atoms with Crippen molar-refractivity contribution in [3.05, 3.63) is 0 Å². The van der Waals surface area contributed by atoms with Crippen molar-refractivity contribution >= 4 is 87.5 Å². The molecule has 0 saturated heterocycles. The third-order valence-electron chi connectivity index (χ3n) is 2.57. The van der Waals surface area contributed by atoms with Crippen LogP contribution in [0.4, 0.5) is 0 Å². The van der Waals surface area contributed by atoms with Crippen molar-refractivity contribution in [1.82, 2.24) is 0 Å². The Labute approximate surface area is 262 Å². The zero-order valence-corrected chi connectivity index (χ0v) is 29.3. The molecule has 0 atom stereocenters. The van der Waals surface area contributed by atoms with E-state index in [4.69, 9.17) is 35.4 Å². The molecular formula is C16H40Al4O14Si2. The number of hydrogen-bond donors (Lipinski definition) is 0. The van der Waals surface area contributed by atoms with Crippen molar-refractivity contribution in [2.45, 2.75) is 55.4 Å². The predicted molar refractivity (Wildman–Crippen MR) is 132 cm³/mol. The molecule has 0 aromatic rings. The summed E-state index contributed by atoms with van der Waals surface area (Å²) in [6.45, 7) is 19.6. The van der Waals surface area contributed by atoms with Crippen molar-refractivity contribution in [1.29, 1.82) is 0 Å². The van der Waals surface area contributed by atoms with Gasteiger partial charge in [-0.05, 0) is 55.4 Å². The molecule has 208 valence electrons. The smallest absolute Gasteiger partial charge is 2.00 e. The Morgan fingerprint density at radius 2 is 0.361 bits per heavy atom. The molecule has 36 heavy (non-hydrogen) atoms. The fraction of sp³-hybridized carbons (Fsp3) is 1.00. The maximum Gasteiger partial charge on any atom is 3.00 e. The topological polar surface area (TPSA) is 245 Å². The molecule has 0 radical (unpaired) electrons. The van der Waals surface area contributed by atoms with E-state index in [1.54, 1.807) is 0 Å². The quantitative estimate of drug-likeness (QED) is 0.224. The van der Waals surface area contributed by atoms with Crippen LogP contribution in [0.1, 0.15) is 55.4 Å². The largest absolute Gasteiger partial charge is 3.00 e. The minimum absolute atomic E-state index is 0. The van der Waals surface area contributed by atoms with Crippen LogP contribution in [0.5, 0.6) is 0 Å². The van der Waals surface area contributed by atoms with Gasteiger partial charge in [0.05, 0.1) is 0 Å². The van der Waals surface area contributed by atoms with E-state index in [1.807, 2.05) is 55.4 Å². The van der Waals surface area contributed by atoms with E-state index in [-0.39, 0.29) is 102 Å². The summed E-state index contributed by atoms with van der Waals surface area (Å²) in [4.78, 5) is 0. The summed E-state index contributed by atoms with van der Waals surface area (Å²) in [6.07, 6.45) is 0. The summed E-state index contributed by atoms with van der Waals surface area (Å²) in [5.74, 6) is 0. The molecule has 14 nitrogen and oxygen atoms in total. The first-order valence-electron chi connectivity index (χ1n) is 9.60. The zero-order valence-electron chi connectivity index (χ0n) is 22.7. The molecular weight excluding hydrogens is 580 g/mol. The van der Waals surface area contributed by atoms with Gasteiger partial charge >= 0.3 is 87.5 Å². The van der Waals surface area contributed by atoms with Crippen molar-refractivity contribution in [3.8, 4) is 0 Å². The molecule has 0 amide bonds. The molecule has 0 rings (SSSR count). The summed E-state index contributed by atoms with van der Waals surface area (Å²) in [7, 11) is -5.59. The van der Waals surface area contributed by atoms with Gasteiger partial charge in [-0.3, -0.25) is 0 Å². The second kappa shape index (κ2) is 53.3. The summed E-state index contributed by atoms with van der Waals surface area (Å²) in [5, 5.41) is 0. The normalized spacial score (nSPS) is 8.67. The van der Waals surface area contributed by atoms with Crippen LogP contribution in [0.25, 0.3) is 0 Å². The van der Waals surface area contributed by atoms with Gasteiger partial charge in [0.25, 0.3) is 0 Å². The average molecular weight is 621 g/mol. The van der Waals surface area contributed by atoms with Crippen LogP contribution < -0.4 is 0 Å². The Kier molecular flexibility index (Phi) is 114. The molecule has 0 N–H and O–H groups in total. The Hall–Kier alpha value is 2.00. The number of rotatable bonds is 16. The van der Waals surface area contributed by atoms with Gasteiger partial charge in [0.15, 0.2) is 0 Å². The first-order chi connectivity index (χ1) is 12.5. The van der Waals surface area contributed by atoms with E-state index in [0.29, 0.717) is 52.9 Å². The van der Waals surface area contributed by atoms with E-state index in [2.05, 4.69) is 0 Å². The molecule has 0 spiro atoms. The Morgan fingerprint density at radius 3 is 0.417 bits per heavy atom. The third-order valence-corrected chi connectivity index (χ3v) is 7.71. The van der Waals surface area contributed by atoms with Crippen LogP contribution >= 0.6 is 0 Å². The van der Waals surface area contributed by atoms with Gasteiger partial charge in [-0.15, -0.1) is 0 Å². The van der Waals surface area contributed by atoms with Gasteiger partial charge in [0.1, 0.15) is 0 Å². The van der Waals surface area contributed by atoms with Crippen molar-refractivity contribution in [2.75, 3.05) is 52.9 Å². The van der Waals surface area contributed by atoms with E-state index in [0.717, 1.165) is 0 Å². The third kappa shape index (κ3) is 38.2. The molecule has 20 heteroatoms. The molecule has 0 aliphatic rings. The van der Waals surface area contributed by atoms with Crippen LogP contribution in [0.2, 0.25) is 0 Å². The van der Waals surface area contributed by atoms with E-state index in [1.165, 1.54) is 0 Å². The summed E-state index contributed by atoms with van der Waals surface area (Å²) < 4.78 is 43.4. The predicted octanol–water partition coefficient (Wildman–Crippen LogP) is 0.900. The Bertz CT molecular complexity index is 237. The minimum atomic E-state index is -2.80. The van der Waals surface area contributed by atoms with Crippen molar-refractivity contribution in [2.24, 2.45) is 0 Å². The zero-order chi connectivity index (χ0) is 20.3. The average Bonchev–Trinajstić information content (AvgIpc) is 2.57. The van der Waals surface area contributed by atoms with Gasteiger partial charge in [0.2, 0.25) is 0 Å². The first kappa shape index (κ1) is 77.0. The monoisotopic (exact) mass is 620 g/mol. The molecule has 0 fully saturated rings. The van der Waals surface area contributed by atoms with Gasteiger partial charge in [-0.2, -0.15) is 0 Å². The molecule has 0 aliphatic carbocycles. The SMILES string of the molecule is CCO[Si](OCC)(OCC)OCC.CCO[Si](OCC)(OCC)OCC.[Al+3].[Al+3].[Al+3].[Al+3].[O-2].[O-2].[O-2].[O-2].[O-2].[O-2]. The van der Waals surface area contributed by atoms with Gasteiger partial charge < -0.3 is 68.3 Å². The molecule has 0 aliphatic heterocycles. The van der Waals surface area contributed by atoms with E-state index >= 15 is 0 Å². The second-order valence-electron chi connectivity index (χ2n) is 4.46. The van der Waals surface area contributed by atoms with E-state index < -0.39 is 18.1 Å². The van der Waals surface area contributed by atoms with Crippen molar-refractivity contribution < 1.29 is 68.3 Å². The molecule has 0 unspecified atom stereocenters. The standard InChI is InChI=1S/2C8H20O4Si.4Al.6O/c2*1-5-9-13(10-6-2,11-7-3)12-8-4;;;;;;;;;;/h2*5-8H2,1-4H3;;;;;;;;;;/q;;4*+3;6*-2. The van der Waals surface area contributed by atoms with Gasteiger partial charge in [-0.25, -0.2) is 0 Å². The Balaban J connectivity index is -0.0000000250. The fourth-order valence-corrected chi connectivity index (χ4v) is 5.74. The maximum atomic E-state index is 5.42. The molecule has 0 bridgehead atoms. The molecule has 0 heterocycles. The molecule has 0 aromatic carbocycles. The maximum absolute atomic E-state index is 5.42. The van der Waals surface area contributed by atoms with Gasteiger partial charge in [-0.1, -0.05) is 0 Å². The van der Waals surface area contributed by atoms with E-state index in [9.17, 15) is 0 Å². The van der Waals surface area contributed by atoms with Crippen LogP contribution in [0, 0.1) is 0 Å². The summed E-state index contributed by atoms with van der Waals surface area (Å²) >= 11 is 0. The molecule has 0 aromatic heterocycles. The first-order valence-corrected chi connectivity index (χ1v) is 12.9. The van der Waals surface area contributed by atoms with Crippen LogP contribution in [-0.2, 0) is 68.3 Å². The van der Waals surface area contributed by atoms with Gasteiger partial charge in [0, 0.05) is 52.9 Å².